The van der Waals surface area contributed by atoms with Crippen LogP contribution in [0.25, 0.3) is 16.7 Å². The molecule has 3 heterocycles. The minimum atomic E-state index is -1.13. The summed E-state index contributed by atoms with van der Waals surface area (Å²) >= 11 is 6.40. The molecule has 0 radical (unpaired) electrons. The highest BCUT2D eigenvalue weighted by molar-refractivity contribution is 6.32. The van der Waals surface area contributed by atoms with Crippen molar-refractivity contribution in [3.63, 3.8) is 0 Å². The standard InChI is InChI=1S/C23H21ClN6O3/c1-29-8-7-13-10-19(33-2)17(9-14(13)12-29)26-23-25-11-16(24)21(27-23)30-18-6-4-3-5-15(18)20(28-30)22(31)32/h3-6,9-11H,7-8,12H2,1-2H3,(H,31,32)(H,25,26,27). The molecule has 0 saturated heterocycles. The second-order valence-corrected chi connectivity index (χ2v) is 8.29. The van der Waals surface area contributed by atoms with E-state index in [9.17, 15) is 9.90 Å². The number of benzene rings is 2. The number of fused-ring (bicyclic) bond motifs is 2. The number of likely N-dealkylation sites (N-methyl/N-ethyl adjacent to an activating group) is 1. The molecule has 1 aliphatic rings. The van der Waals surface area contributed by atoms with Crippen LogP contribution in [0.15, 0.2) is 42.6 Å². The summed E-state index contributed by atoms with van der Waals surface area (Å²) in [5, 5.41) is 17.8. The Morgan fingerprint density at radius 3 is 2.85 bits per heavy atom. The molecule has 2 N–H and O–H groups in total. The van der Waals surface area contributed by atoms with Gasteiger partial charge in [-0.05, 0) is 42.8 Å². The average Bonchev–Trinajstić information content (AvgIpc) is 3.20. The molecule has 0 saturated carbocycles. The smallest absolute Gasteiger partial charge is 0.357 e. The lowest BCUT2D eigenvalue weighted by molar-refractivity contribution is 0.0692. The number of aromatic nitrogens is 4. The van der Waals surface area contributed by atoms with Crippen LogP contribution >= 0.6 is 11.6 Å². The summed E-state index contributed by atoms with van der Waals surface area (Å²) in [5.74, 6) is 0.121. The number of methoxy groups -OCH3 is 1. The Morgan fingerprint density at radius 1 is 1.24 bits per heavy atom. The van der Waals surface area contributed by atoms with E-state index in [1.807, 2.05) is 12.1 Å². The Balaban J connectivity index is 1.57. The summed E-state index contributed by atoms with van der Waals surface area (Å²) in [6.45, 7) is 1.85. The number of nitrogens with one attached hydrogen (secondary N) is 1. The number of aromatic carboxylic acids is 1. The van der Waals surface area contributed by atoms with E-state index in [0.29, 0.717) is 16.7 Å². The van der Waals surface area contributed by atoms with E-state index in [1.165, 1.54) is 22.0 Å². The molecule has 0 atom stereocenters. The van der Waals surface area contributed by atoms with Crippen molar-refractivity contribution in [2.45, 2.75) is 13.0 Å². The fourth-order valence-corrected chi connectivity index (χ4v) is 4.24. The number of hydrogen-bond donors (Lipinski definition) is 2. The molecule has 0 bridgehead atoms. The van der Waals surface area contributed by atoms with Gasteiger partial charge in [-0.25, -0.2) is 14.5 Å². The molecule has 0 aliphatic carbocycles. The number of ether oxygens (including phenoxy) is 1. The predicted octanol–water partition coefficient (Wildman–Crippen LogP) is 3.91. The van der Waals surface area contributed by atoms with E-state index in [0.717, 1.165) is 25.2 Å². The molecular formula is C23H21ClN6O3. The highest BCUT2D eigenvalue weighted by Crippen LogP contribution is 2.33. The second-order valence-electron chi connectivity index (χ2n) is 7.88. The molecule has 1 aliphatic heterocycles. The Morgan fingerprint density at radius 2 is 2.06 bits per heavy atom. The van der Waals surface area contributed by atoms with Crippen molar-refractivity contribution >= 4 is 40.1 Å². The summed E-state index contributed by atoms with van der Waals surface area (Å²) in [6, 6.07) is 11.1. The molecule has 0 spiro atoms. The van der Waals surface area contributed by atoms with Gasteiger partial charge >= 0.3 is 5.97 Å². The normalized spacial score (nSPS) is 13.7. The number of nitrogens with zero attached hydrogens (tertiary/aromatic N) is 5. The number of carboxylic acid groups (broad SMARTS) is 1. The quantitative estimate of drug-likeness (QED) is 0.458. The SMILES string of the molecule is COc1cc2c(cc1Nc1ncc(Cl)c(-n3nc(C(=O)O)c4ccccc43)n1)CN(C)CC2. The highest BCUT2D eigenvalue weighted by Gasteiger charge is 2.21. The maximum atomic E-state index is 11.7. The van der Waals surface area contributed by atoms with Crippen LogP contribution in [0, 0.1) is 0 Å². The zero-order valence-corrected chi connectivity index (χ0v) is 18.8. The molecule has 0 unspecified atom stereocenters. The summed E-state index contributed by atoms with van der Waals surface area (Å²) in [4.78, 5) is 22.8. The third-order valence-corrected chi connectivity index (χ3v) is 5.95. The summed E-state index contributed by atoms with van der Waals surface area (Å²) in [6.07, 6.45) is 2.42. The van der Waals surface area contributed by atoms with Gasteiger partial charge in [0.15, 0.2) is 11.5 Å². The zero-order chi connectivity index (χ0) is 23.1. The van der Waals surface area contributed by atoms with E-state index in [2.05, 4.69) is 32.3 Å². The highest BCUT2D eigenvalue weighted by atomic mass is 35.5. The van der Waals surface area contributed by atoms with Gasteiger partial charge in [-0.15, -0.1) is 0 Å². The maximum absolute atomic E-state index is 11.7. The second kappa shape index (κ2) is 8.34. The molecule has 10 heteroatoms. The van der Waals surface area contributed by atoms with E-state index in [-0.39, 0.29) is 22.5 Å². The van der Waals surface area contributed by atoms with E-state index in [1.54, 1.807) is 31.4 Å². The van der Waals surface area contributed by atoms with Gasteiger partial charge in [0.2, 0.25) is 5.95 Å². The lowest BCUT2D eigenvalue weighted by atomic mass is 9.99. The van der Waals surface area contributed by atoms with Gasteiger partial charge in [-0.2, -0.15) is 10.1 Å². The first kappa shape index (κ1) is 21.2. The lowest BCUT2D eigenvalue weighted by Gasteiger charge is -2.26. The predicted molar refractivity (Wildman–Crippen MR) is 125 cm³/mol. The van der Waals surface area contributed by atoms with Crippen LogP contribution < -0.4 is 10.1 Å². The molecule has 0 amide bonds. The van der Waals surface area contributed by atoms with Gasteiger partial charge in [0.1, 0.15) is 10.8 Å². The minimum Gasteiger partial charge on any atom is -0.495 e. The molecule has 9 nitrogen and oxygen atoms in total. The number of hydrogen-bond acceptors (Lipinski definition) is 7. The first-order valence-electron chi connectivity index (χ1n) is 10.3. The van der Waals surface area contributed by atoms with Gasteiger partial charge in [0, 0.05) is 18.5 Å². The number of carboxylic acids is 1. The van der Waals surface area contributed by atoms with Gasteiger partial charge < -0.3 is 20.1 Å². The van der Waals surface area contributed by atoms with Gasteiger partial charge in [0.25, 0.3) is 0 Å². The van der Waals surface area contributed by atoms with Crippen molar-refractivity contribution in [1.82, 2.24) is 24.6 Å². The minimum absolute atomic E-state index is 0.0738. The monoisotopic (exact) mass is 464 g/mol. The van der Waals surface area contributed by atoms with Crippen molar-refractivity contribution < 1.29 is 14.6 Å². The molecule has 2 aromatic heterocycles. The number of rotatable bonds is 5. The topological polar surface area (TPSA) is 105 Å². The Hall–Kier alpha value is -3.69. The molecule has 33 heavy (non-hydrogen) atoms. The van der Waals surface area contributed by atoms with Gasteiger partial charge in [-0.3, -0.25) is 0 Å². The Kier molecular flexibility index (Phi) is 5.35. The van der Waals surface area contributed by atoms with Gasteiger partial charge in [-0.1, -0.05) is 29.8 Å². The molecule has 0 fully saturated rings. The Labute approximate surface area is 194 Å². The van der Waals surface area contributed by atoms with E-state index < -0.39 is 5.97 Å². The molecule has 2 aromatic carbocycles. The first-order valence-corrected chi connectivity index (χ1v) is 10.7. The Bertz CT molecular complexity index is 1390. The molecular weight excluding hydrogens is 444 g/mol. The van der Waals surface area contributed by atoms with E-state index in [4.69, 9.17) is 16.3 Å². The van der Waals surface area contributed by atoms with Gasteiger partial charge in [0.05, 0.1) is 24.5 Å². The van der Waals surface area contributed by atoms with Crippen LogP contribution in [0.4, 0.5) is 11.6 Å². The van der Waals surface area contributed by atoms with Crippen LogP contribution in [-0.2, 0) is 13.0 Å². The fourth-order valence-electron chi connectivity index (χ4n) is 4.07. The maximum Gasteiger partial charge on any atom is 0.357 e. The van der Waals surface area contributed by atoms with Crippen LogP contribution in [0.1, 0.15) is 21.6 Å². The molecule has 168 valence electrons. The van der Waals surface area contributed by atoms with Crippen LogP contribution in [-0.4, -0.2) is 56.4 Å². The largest absolute Gasteiger partial charge is 0.495 e. The summed E-state index contributed by atoms with van der Waals surface area (Å²) in [5.41, 5.74) is 3.71. The number of para-hydroxylation sites is 1. The number of carbonyl (C=O) groups is 1. The van der Waals surface area contributed by atoms with Crippen molar-refractivity contribution in [2.24, 2.45) is 0 Å². The molecule has 5 rings (SSSR count). The van der Waals surface area contributed by atoms with Crippen LogP contribution in [0.3, 0.4) is 0 Å². The fraction of sp³-hybridized carbons (Fsp3) is 0.217. The third-order valence-electron chi connectivity index (χ3n) is 5.69. The van der Waals surface area contributed by atoms with E-state index >= 15 is 0 Å². The van der Waals surface area contributed by atoms with Crippen LogP contribution in [0.5, 0.6) is 5.75 Å². The summed E-state index contributed by atoms with van der Waals surface area (Å²) < 4.78 is 7.02. The van der Waals surface area contributed by atoms with Crippen molar-refractivity contribution in [1.29, 1.82) is 0 Å². The third kappa shape index (κ3) is 3.85. The van der Waals surface area contributed by atoms with Crippen LogP contribution in [0.2, 0.25) is 5.02 Å². The number of anilines is 2. The van der Waals surface area contributed by atoms with Crippen molar-refractivity contribution in [3.8, 4) is 11.6 Å². The average molecular weight is 465 g/mol. The lowest BCUT2D eigenvalue weighted by Crippen LogP contribution is -2.26. The number of halogens is 1. The van der Waals surface area contributed by atoms with Crippen molar-refractivity contribution in [3.05, 3.63) is 64.4 Å². The molecule has 4 aromatic rings. The zero-order valence-electron chi connectivity index (χ0n) is 18.0. The first-order chi connectivity index (χ1) is 15.9. The van der Waals surface area contributed by atoms with Crippen molar-refractivity contribution in [2.75, 3.05) is 26.0 Å². The summed E-state index contributed by atoms with van der Waals surface area (Å²) in [7, 11) is 3.72.